The molecule has 3 aromatic carbocycles. The van der Waals surface area contributed by atoms with E-state index < -0.39 is 10.0 Å². The van der Waals surface area contributed by atoms with Crippen molar-refractivity contribution in [1.82, 2.24) is 0 Å². The van der Waals surface area contributed by atoms with Crippen molar-refractivity contribution in [3.63, 3.8) is 0 Å². The lowest BCUT2D eigenvalue weighted by molar-refractivity contribution is 0.305. The first-order valence-electron chi connectivity index (χ1n) is 10.1. The van der Waals surface area contributed by atoms with Gasteiger partial charge in [0.1, 0.15) is 5.75 Å². The van der Waals surface area contributed by atoms with Gasteiger partial charge in [-0.2, -0.15) is 0 Å². The monoisotopic (exact) mass is 424 g/mol. The summed E-state index contributed by atoms with van der Waals surface area (Å²) in [5, 5.41) is 8.92. The zero-order chi connectivity index (χ0) is 21.4. The third-order valence-electron chi connectivity index (χ3n) is 4.78. The number of ether oxygens (including phenoxy) is 1. The zero-order valence-corrected chi connectivity index (χ0v) is 18.0. The van der Waals surface area contributed by atoms with Gasteiger partial charge in [0, 0.05) is 24.2 Å². The van der Waals surface area contributed by atoms with Crippen LogP contribution in [-0.4, -0.2) is 15.0 Å². The molecule has 0 saturated carbocycles. The number of unbranched alkanes of at least 4 members (excludes halogenated alkanes) is 1. The van der Waals surface area contributed by atoms with Gasteiger partial charge in [-0.05, 0) is 41.8 Å². The molecule has 0 aliphatic carbocycles. The number of rotatable bonds is 10. The largest absolute Gasteiger partial charge is 0.493 e. The highest BCUT2D eigenvalue weighted by Gasteiger charge is 2.20. The molecule has 5 nitrogen and oxygen atoms in total. The average Bonchev–Trinajstić information content (AvgIpc) is 2.74. The molecule has 0 amide bonds. The first-order chi connectivity index (χ1) is 14.5. The van der Waals surface area contributed by atoms with E-state index in [1.165, 1.54) is 0 Å². The number of benzene rings is 3. The highest BCUT2D eigenvalue weighted by atomic mass is 32.2. The van der Waals surface area contributed by atoms with Crippen molar-refractivity contribution >= 4 is 15.7 Å². The molecule has 6 heteroatoms. The molecule has 0 aliphatic heterocycles. The topological polar surface area (TPSA) is 81.4 Å². The Labute approximate surface area is 178 Å². The van der Waals surface area contributed by atoms with Gasteiger partial charge in [-0.3, -0.25) is 0 Å². The van der Waals surface area contributed by atoms with Crippen molar-refractivity contribution in [2.45, 2.75) is 37.6 Å². The molecule has 0 saturated heterocycles. The van der Waals surface area contributed by atoms with Crippen LogP contribution < -0.4 is 15.2 Å². The second-order valence-corrected chi connectivity index (χ2v) is 8.73. The second-order valence-electron chi connectivity index (χ2n) is 7.20. The van der Waals surface area contributed by atoms with Crippen LogP contribution in [0.5, 0.6) is 5.75 Å². The first kappa shape index (κ1) is 21.9. The van der Waals surface area contributed by atoms with Gasteiger partial charge in [0.2, 0.25) is 10.0 Å². The Kier molecular flexibility index (Phi) is 7.49. The van der Waals surface area contributed by atoms with E-state index in [1.54, 1.807) is 6.07 Å². The highest BCUT2D eigenvalue weighted by molar-refractivity contribution is 7.89. The summed E-state index contributed by atoms with van der Waals surface area (Å²) in [7, 11) is -3.92. The standard InChI is InChI=1S/C24H28N2O3S/c1-2-3-14-29-23-16-20(18-26-21-12-8-5-9-13-21)17-24(30(25,27)28)22(23)15-19-10-6-4-7-11-19/h4-13,16-17,26H,2-3,14-15,18H2,1H3,(H2,25,27,28). The summed E-state index contributed by atoms with van der Waals surface area (Å²) in [5.74, 6) is 0.573. The third kappa shape index (κ3) is 6.08. The molecule has 0 fully saturated rings. The number of anilines is 1. The minimum atomic E-state index is -3.92. The van der Waals surface area contributed by atoms with Crippen molar-refractivity contribution in [3.05, 3.63) is 89.5 Å². The van der Waals surface area contributed by atoms with Crippen LogP contribution in [0.4, 0.5) is 5.69 Å². The lowest BCUT2D eigenvalue weighted by Crippen LogP contribution is -2.17. The Morgan fingerprint density at radius 1 is 0.933 bits per heavy atom. The van der Waals surface area contributed by atoms with Crippen LogP contribution in [0.2, 0.25) is 0 Å². The molecule has 0 aromatic heterocycles. The van der Waals surface area contributed by atoms with Crippen LogP contribution in [0.3, 0.4) is 0 Å². The maximum absolute atomic E-state index is 12.5. The Bertz CT molecular complexity index is 1050. The van der Waals surface area contributed by atoms with Gasteiger partial charge in [-0.15, -0.1) is 0 Å². The van der Waals surface area contributed by atoms with E-state index in [2.05, 4.69) is 12.2 Å². The molecular formula is C24H28N2O3S. The Hall–Kier alpha value is -2.83. The quantitative estimate of drug-likeness (QED) is 0.462. The van der Waals surface area contributed by atoms with E-state index in [0.717, 1.165) is 29.7 Å². The molecule has 0 aliphatic rings. The Morgan fingerprint density at radius 3 is 2.23 bits per heavy atom. The fraction of sp³-hybridized carbons (Fsp3) is 0.250. The summed E-state index contributed by atoms with van der Waals surface area (Å²) in [6.45, 7) is 3.07. The lowest BCUT2D eigenvalue weighted by Gasteiger charge is -2.18. The van der Waals surface area contributed by atoms with E-state index >= 15 is 0 Å². The van der Waals surface area contributed by atoms with E-state index in [4.69, 9.17) is 9.88 Å². The number of nitrogens with two attached hydrogens (primary N) is 1. The maximum atomic E-state index is 12.5. The summed E-state index contributed by atoms with van der Waals surface area (Å²) >= 11 is 0. The number of primary sulfonamides is 1. The van der Waals surface area contributed by atoms with E-state index in [-0.39, 0.29) is 4.90 Å². The number of sulfonamides is 1. The van der Waals surface area contributed by atoms with Crippen LogP contribution in [-0.2, 0) is 23.0 Å². The minimum absolute atomic E-state index is 0.116. The number of hydrogen-bond acceptors (Lipinski definition) is 4. The predicted octanol–water partition coefficient (Wildman–Crippen LogP) is 4.72. The van der Waals surface area contributed by atoms with Gasteiger partial charge >= 0.3 is 0 Å². The summed E-state index contributed by atoms with van der Waals surface area (Å²) in [6, 6.07) is 23.1. The minimum Gasteiger partial charge on any atom is -0.493 e. The fourth-order valence-corrected chi connectivity index (χ4v) is 4.05. The second kappa shape index (κ2) is 10.3. The summed E-state index contributed by atoms with van der Waals surface area (Å²) in [5.41, 5.74) is 3.35. The summed E-state index contributed by atoms with van der Waals surface area (Å²) < 4.78 is 30.9. The molecule has 0 heterocycles. The smallest absolute Gasteiger partial charge is 0.238 e. The molecule has 30 heavy (non-hydrogen) atoms. The number of nitrogens with one attached hydrogen (secondary N) is 1. The first-order valence-corrected chi connectivity index (χ1v) is 11.7. The van der Waals surface area contributed by atoms with Crippen LogP contribution in [0.1, 0.15) is 36.5 Å². The predicted molar refractivity (Wildman–Crippen MR) is 121 cm³/mol. The highest BCUT2D eigenvalue weighted by Crippen LogP contribution is 2.31. The molecular weight excluding hydrogens is 396 g/mol. The van der Waals surface area contributed by atoms with Crippen molar-refractivity contribution in [1.29, 1.82) is 0 Å². The number of hydrogen-bond donors (Lipinski definition) is 2. The fourth-order valence-electron chi connectivity index (χ4n) is 3.22. The van der Waals surface area contributed by atoms with Gasteiger partial charge in [-0.25, -0.2) is 13.6 Å². The van der Waals surface area contributed by atoms with E-state index in [0.29, 0.717) is 30.9 Å². The SMILES string of the molecule is CCCCOc1cc(CNc2ccccc2)cc(S(N)(=O)=O)c1Cc1ccccc1. The molecule has 3 N–H and O–H groups in total. The zero-order valence-electron chi connectivity index (χ0n) is 17.2. The van der Waals surface area contributed by atoms with Crippen LogP contribution in [0, 0.1) is 0 Å². The summed E-state index contributed by atoms with van der Waals surface area (Å²) in [4.78, 5) is 0.116. The van der Waals surface area contributed by atoms with Crippen LogP contribution in [0.25, 0.3) is 0 Å². The molecule has 0 unspecified atom stereocenters. The van der Waals surface area contributed by atoms with Crippen molar-refractivity contribution in [2.75, 3.05) is 11.9 Å². The summed E-state index contributed by atoms with van der Waals surface area (Å²) in [6.07, 6.45) is 2.31. The lowest BCUT2D eigenvalue weighted by atomic mass is 10.0. The van der Waals surface area contributed by atoms with Crippen LogP contribution in [0.15, 0.2) is 77.7 Å². The molecule has 0 atom stereocenters. The maximum Gasteiger partial charge on any atom is 0.238 e. The van der Waals surface area contributed by atoms with Gasteiger partial charge in [-0.1, -0.05) is 61.9 Å². The van der Waals surface area contributed by atoms with Gasteiger partial charge < -0.3 is 10.1 Å². The molecule has 3 aromatic rings. The van der Waals surface area contributed by atoms with E-state index in [9.17, 15) is 8.42 Å². The van der Waals surface area contributed by atoms with Crippen molar-refractivity contribution < 1.29 is 13.2 Å². The molecule has 0 spiro atoms. The Morgan fingerprint density at radius 2 is 1.60 bits per heavy atom. The Balaban J connectivity index is 1.99. The average molecular weight is 425 g/mol. The van der Waals surface area contributed by atoms with Crippen molar-refractivity contribution in [3.8, 4) is 5.75 Å². The molecule has 0 bridgehead atoms. The van der Waals surface area contributed by atoms with Crippen molar-refractivity contribution in [2.24, 2.45) is 5.14 Å². The van der Waals surface area contributed by atoms with E-state index in [1.807, 2.05) is 66.7 Å². The van der Waals surface area contributed by atoms with Gasteiger partial charge in [0.05, 0.1) is 11.5 Å². The third-order valence-corrected chi connectivity index (χ3v) is 5.76. The molecule has 3 rings (SSSR count). The molecule has 0 radical (unpaired) electrons. The van der Waals surface area contributed by atoms with Gasteiger partial charge in [0.15, 0.2) is 0 Å². The van der Waals surface area contributed by atoms with Crippen LogP contribution >= 0.6 is 0 Å². The number of para-hydroxylation sites is 1. The van der Waals surface area contributed by atoms with Gasteiger partial charge in [0.25, 0.3) is 0 Å². The molecule has 158 valence electrons. The normalized spacial score (nSPS) is 11.3.